The number of fused-ring (bicyclic) bond motifs is 4. The minimum Gasteiger partial charge on any atom is -0.397 e. The molecule has 0 spiro atoms. The minimum absolute atomic E-state index is 0.112. The summed E-state index contributed by atoms with van der Waals surface area (Å²) >= 11 is 0. The van der Waals surface area contributed by atoms with Crippen molar-refractivity contribution in [1.29, 1.82) is 0 Å². The Bertz CT molecular complexity index is 1310. The van der Waals surface area contributed by atoms with E-state index in [0.717, 1.165) is 6.07 Å². The van der Waals surface area contributed by atoms with Gasteiger partial charge in [0.25, 0.3) is 20.2 Å². The van der Waals surface area contributed by atoms with E-state index in [1.54, 1.807) is 14.1 Å². The van der Waals surface area contributed by atoms with E-state index in [9.17, 15) is 16.8 Å². The number of hydrogen-bond donors (Lipinski definition) is 3. The molecule has 0 unspecified atom stereocenters. The van der Waals surface area contributed by atoms with Crippen molar-refractivity contribution in [2.45, 2.75) is 9.79 Å². The van der Waals surface area contributed by atoms with Crippen LogP contribution in [0.25, 0.3) is 16.7 Å². The smallest absolute Gasteiger partial charge is 0.294 e. The third-order valence-corrected chi connectivity index (χ3v) is 5.40. The number of aromatic nitrogens is 3. The van der Waals surface area contributed by atoms with Crippen molar-refractivity contribution in [2.24, 2.45) is 0 Å². The number of benzene rings is 2. The van der Waals surface area contributed by atoms with Crippen LogP contribution in [0.1, 0.15) is 0 Å². The zero-order valence-corrected chi connectivity index (χ0v) is 13.4. The van der Waals surface area contributed by atoms with Crippen LogP contribution < -0.4 is 5.73 Å². The lowest BCUT2D eigenvalue weighted by atomic mass is 10.3. The molecule has 12 heteroatoms. The third-order valence-electron chi connectivity index (χ3n) is 3.70. The van der Waals surface area contributed by atoms with E-state index >= 15 is 0 Å². The largest absolute Gasteiger partial charge is 0.397 e. The summed E-state index contributed by atoms with van der Waals surface area (Å²) < 4.78 is 66.0. The van der Waals surface area contributed by atoms with Gasteiger partial charge in [-0.2, -0.15) is 16.8 Å². The summed E-state index contributed by atoms with van der Waals surface area (Å²) in [5.41, 5.74) is 7.64. The summed E-state index contributed by atoms with van der Waals surface area (Å²) in [6.45, 7) is 0. The second-order valence-electron chi connectivity index (χ2n) is 5.19. The third kappa shape index (κ3) is 2.01. The molecule has 0 aliphatic rings. The SMILES string of the molecule is Nc1cc(S(=O)(=O)O)ccc1-n1n2c3ccc(S(=O)(=O)O)cc3n12. The van der Waals surface area contributed by atoms with E-state index in [1.165, 1.54) is 30.3 Å². The fraction of sp³-hybridized carbons (Fsp3) is 0. The zero-order chi connectivity index (χ0) is 17.4. The lowest BCUT2D eigenvalue weighted by Crippen LogP contribution is -2.02. The second kappa shape index (κ2) is 4.30. The molecule has 126 valence electrons. The molecule has 0 atom stereocenters. The normalized spacial score (nSPS) is 13.4. The molecule has 10 nitrogen and oxygen atoms in total. The van der Waals surface area contributed by atoms with Gasteiger partial charge in [-0.05, 0) is 36.4 Å². The Morgan fingerprint density at radius 3 is 1.92 bits per heavy atom. The Morgan fingerprint density at radius 2 is 1.33 bits per heavy atom. The Balaban J connectivity index is 1.86. The molecule has 4 aromatic rings. The lowest BCUT2D eigenvalue weighted by molar-refractivity contribution is 0.481. The highest BCUT2D eigenvalue weighted by Gasteiger charge is 2.27. The Hall–Kier alpha value is -2.54. The molecule has 0 radical (unpaired) electrons. The molecule has 2 aromatic heterocycles. The number of nitrogens with zero attached hydrogens (tertiary/aromatic N) is 3. The molecule has 4 rings (SSSR count). The molecule has 0 aliphatic carbocycles. The highest BCUT2D eigenvalue weighted by atomic mass is 32.2. The van der Waals surface area contributed by atoms with Gasteiger partial charge in [0.05, 0.1) is 15.5 Å². The Morgan fingerprint density at radius 1 is 0.792 bits per heavy atom. The fourth-order valence-electron chi connectivity index (χ4n) is 2.56. The first kappa shape index (κ1) is 15.0. The predicted octanol–water partition coefficient (Wildman–Crippen LogP) is 0.496. The topological polar surface area (TPSA) is 149 Å². The molecule has 0 fully saturated rings. The van der Waals surface area contributed by atoms with Gasteiger partial charge in [0.15, 0.2) is 0 Å². The van der Waals surface area contributed by atoms with Crippen LogP contribution in [-0.2, 0) is 20.2 Å². The lowest BCUT2D eigenvalue weighted by Gasteiger charge is -2.02. The van der Waals surface area contributed by atoms with E-state index in [4.69, 9.17) is 14.8 Å². The van der Waals surface area contributed by atoms with Crippen LogP contribution >= 0.6 is 0 Å². The number of anilines is 1. The zero-order valence-electron chi connectivity index (χ0n) is 11.7. The molecule has 4 N–H and O–H groups in total. The van der Waals surface area contributed by atoms with Crippen molar-refractivity contribution < 1.29 is 25.9 Å². The van der Waals surface area contributed by atoms with Gasteiger partial charge in [0, 0.05) is 0 Å². The van der Waals surface area contributed by atoms with Crippen molar-refractivity contribution in [3.05, 3.63) is 36.4 Å². The summed E-state index contributed by atoms with van der Waals surface area (Å²) in [5.74, 6) is 0. The van der Waals surface area contributed by atoms with Gasteiger partial charge < -0.3 is 5.73 Å². The fourth-order valence-corrected chi connectivity index (χ4v) is 3.58. The van der Waals surface area contributed by atoms with Gasteiger partial charge in [-0.15, -0.1) is 14.1 Å². The Kier molecular flexibility index (Phi) is 2.69. The van der Waals surface area contributed by atoms with Crippen LogP contribution in [0.2, 0.25) is 0 Å². The van der Waals surface area contributed by atoms with E-state index in [2.05, 4.69) is 0 Å². The summed E-state index contributed by atoms with van der Waals surface area (Å²) in [7, 11) is -8.66. The maximum absolute atomic E-state index is 11.2. The number of nitrogens with two attached hydrogens (primary N) is 1. The Labute approximate surface area is 135 Å². The summed E-state index contributed by atoms with van der Waals surface area (Å²) in [6.07, 6.45) is 0. The summed E-state index contributed by atoms with van der Waals surface area (Å²) in [4.78, 5) is 1.03. The molecule has 2 aromatic carbocycles. The van der Waals surface area contributed by atoms with E-state index in [1.807, 2.05) is 0 Å². The van der Waals surface area contributed by atoms with Crippen molar-refractivity contribution in [3.63, 3.8) is 0 Å². The van der Waals surface area contributed by atoms with Crippen molar-refractivity contribution in [3.8, 4) is 5.69 Å². The van der Waals surface area contributed by atoms with Crippen LogP contribution in [0.15, 0.2) is 46.2 Å². The average Bonchev–Trinajstić information content (AvgIpc) is 3.10. The molecule has 24 heavy (non-hydrogen) atoms. The van der Waals surface area contributed by atoms with Crippen LogP contribution in [0.5, 0.6) is 0 Å². The molecular weight excluding hydrogens is 360 g/mol. The maximum Gasteiger partial charge on any atom is 0.294 e. The average molecular weight is 370 g/mol. The van der Waals surface area contributed by atoms with Crippen molar-refractivity contribution in [1.82, 2.24) is 14.1 Å². The maximum atomic E-state index is 11.2. The molecule has 0 bridgehead atoms. The first-order chi connectivity index (χ1) is 11.1. The number of nitrogen functional groups attached to an aromatic ring is 1. The van der Waals surface area contributed by atoms with Crippen LogP contribution in [0.4, 0.5) is 5.69 Å². The second-order valence-corrected chi connectivity index (χ2v) is 8.03. The van der Waals surface area contributed by atoms with E-state index < -0.39 is 20.2 Å². The summed E-state index contributed by atoms with van der Waals surface area (Å²) in [6, 6.07) is 7.85. The quantitative estimate of drug-likeness (QED) is 0.351. The highest BCUT2D eigenvalue weighted by molar-refractivity contribution is 7.86. The molecule has 0 saturated carbocycles. The van der Waals surface area contributed by atoms with Crippen LogP contribution in [0, 0.1) is 0 Å². The number of hydrogen-bond acceptors (Lipinski definition) is 5. The first-order valence-electron chi connectivity index (χ1n) is 6.48. The van der Waals surface area contributed by atoms with Gasteiger partial charge >= 0.3 is 0 Å². The highest BCUT2D eigenvalue weighted by Crippen LogP contribution is 2.31. The van der Waals surface area contributed by atoms with Crippen LogP contribution in [-0.4, -0.2) is 40.0 Å². The van der Waals surface area contributed by atoms with Gasteiger partial charge in [0.2, 0.25) is 0 Å². The molecular formula is C12H10N4O6S2. The van der Waals surface area contributed by atoms with Gasteiger partial charge in [-0.1, -0.05) is 0 Å². The monoisotopic (exact) mass is 370 g/mol. The standard InChI is InChI=1S/C12H10N4O6S2/c13-9-5-7(23(17,18)19)1-3-10(9)14-15-11-4-2-8(24(20,21)22)6-12(11)16(14)15/h1-6H,13H2,(H,17,18,19)(H,20,21,22). The van der Waals surface area contributed by atoms with E-state index in [-0.39, 0.29) is 15.5 Å². The van der Waals surface area contributed by atoms with Gasteiger partial charge in [-0.3, -0.25) is 9.11 Å². The molecule has 2 heterocycles. The van der Waals surface area contributed by atoms with Crippen molar-refractivity contribution >= 4 is 37.0 Å². The van der Waals surface area contributed by atoms with Gasteiger partial charge in [-0.25, -0.2) is 0 Å². The molecule has 0 saturated heterocycles. The van der Waals surface area contributed by atoms with Crippen LogP contribution in [0.3, 0.4) is 0 Å². The minimum atomic E-state index is -4.35. The van der Waals surface area contributed by atoms with Crippen molar-refractivity contribution in [2.75, 3.05) is 5.73 Å². The summed E-state index contributed by atoms with van der Waals surface area (Å²) in [5, 5.41) is 0. The molecule has 0 aliphatic heterocycles. The van der Waals surface area contributed by atoms with Gasteiger partial charge in [0.1, 0.15) is 16.7 Å². The number of rotatable bonds is 3. The first-order valence-corrected chi connectivity index (χ1v) is 9.36. The molecule has 0 amide bonds. The predicted molar refractivity (Wildman–Crippen MR) is 82.9 cm³/mol. The van der Waals surface area contributed by atoms with E-state index in [0.29, 0.717) is 16.7 Å².